The number of nitrogens with two attached hydrogens (primary N) is 1. The molecule has 0 atom stereocenters. The van der Waals surface area contributed by atoms with Crippen LogP contribution in [0.4, 0.5) is 4.79 Å². The van der Waals surface area contributed by atoms with Crippen molar-refractivity contribution in [1.29, 1.82) is 0 Å². The molecule has 0 aromatic carbocycles. The second-order valence-electron chi connectivity index (χ2n) is 1.51. The lowest BCUT2D eigenvalue weighted by molar-refractivity contribution is 0.231. The molecule has 1 rings (SSSR count). The van der Waals surface area contributed by atoms with Gasteiger partial charge in [0.2, 0.25) is 0 Å². The Morgan fingerprint density at radius 1 is 1.78 bits per heavy atom. The molecule has 5 heteroatoms. The molecule has 2 N–H and O–H groups in total. The molecule has 0 radical (unpaired) electrons. The van der Waals surface area contributed by atoms with E-state index in [1.54, 1.807) is 0 Å². The van der Waals surface area contributed by atoms with E-state index in [-0.39, 0.29) is 6.67 Å². The molecular weight excluding hydrogens is 120 g/mol. The van der Waals surface area contributed by atoms with Crippen LogP contribution in [0.25, 0.3) is 0 Å². The van der Waals surface area contributed by atoms with Crippen LogP contribution in [-0.2, 0) is 0 Å². The standard InChI is InChI=1S/C4H6N4O/c5-4(9)8-2-6-1-7-3-8/h1-2H,3H2,(H2,5,9). The molecule has 0 saturated carbocycles. The zero-order chi connectivity index (χ0) is 6.69. The van der Waals surface area contributed by atoms with Crippen LogP contribution in [-0.4, -0.2) is 30.3 Å². The Bertz CT molecular complexity index is 173. The van der Waals surface area contributed by atoms with E-state index in [0.29, 0.717) is 0 Å². The molecule has 1 heterocycles. The number of amides is 2. The van der Waals surface area contributed by atoms with E-state index in [4.69, 9.17) is 5.73 Å². The van der Waals surface area contributed by atoms with Gasteiger partial charge in [0.1, 0.15) is 19.3 Å². The third kappa shape index (κ3) is 1.25. The van der Waals surface area contributed by atoms with Crippen molar-refractivity contribution in [3.63, 3.8) is 0 Å². The van der Waals surface area contributed by atoms with E-state index in [0.717, 1.165) is 0 Å². The lowest BCUT2D eigenvalue weighted by atomic mass is 10.7. The summed E-state index contributed by atoms with van der Waals surface area (Å²) in [6.45, 7) is 0.277. The van der Waals surface area contributed by atoms with Gasteiger partial charge >= 0.3 is 6.03 Å². The highest BCUT2D eigenvalue weighted by Gasteiger charge is 2.05. The third-order valence-corrected chi connectivity index (χ3v) is 0.871. The van der Waals surface area contributed by atoms with E-state index >= 15 is 0 Å². The molecule has 0 unspecified atom stereocenters. The average molecular weight is 126 g/mol. The largest absolute Gasteiger partial charge is 0.351 e. The molecule has 0 aromatic rings. The number of aliphatic imine (C=N–C) groups is 2. The number of rotatable bonds is 0. The predicted molar refractivity (Wildman–Crippen MR) is 33.3 cm³/mol. The molecule has 0 aliphatic carbocycles. The van der Waals surface area contributed by atoms with Gasteiger partial charge in [0.15, 0.2) is 0 Å². The van der Waals surface area contributed by atoms with E-state index in [1.807, 2.05) is 0 Å². The summed E-state index contributed by atoms with van der Waals surface area (Å²) in [7, 11) is 0. The van der Waals surface area contributed by atoms with Crippen LogP contribution < -0.4 is 5.73 Å². The number of primary amides is 1. The van der Waals surface area contributed by atoms with Crippen LogP contribution in [0.1, 0.15) is 0 Å². The van der Waals surface area contributed by atoms with Crippen molar-refractivity contribution in [1.82, 2.24) is 4.90 Å². The van der Waals surface area contributed by atoms with Crippen molar-refractivity contribution in [2.24, 2.45) is 15.7 Å². The molecule has 0 spiro atoms. The summed E-state index contributed by atoms with van der Waals surface area (Å²) in [5.74, 6) is 0. The number of carbonyl (C=O) groups is 1. The highest BCUT2D eigenvalue weighted by atomic mass is 16.2. The molecule has 0 fully saturated rings. The fraction of sp³-hybridized carbons (Fsp3) is 0.250. The lowest BCUT2D eigenvalue weighted by Gasteiger charge is -2.12. The van der Waals surface area contributed by atoms with Gasteiger partial charge in [-0.3, -0.25) is 9.89 Å². The van der Waals surface area contributed by atoms with Crippen molar-refractivity contribution in [2.75, 3.05) is 6.67 Å². The van der Waals surface area contributed by atoms with Gasteiger partial charge in [0.25, 0.3) is 0 Å². The van der Waals surface area contributed by atoms with Gasteiger partial charge in [-0.05, 0) is 0 Å². The number of nitrogens with zero attached hydrogens (tertiary/aromatic N) is 3. The smallest absolute Gasteiger partial charge is 0.321 e. The van der Waals surface area contributed by atoms with Crippen molar-refractivity contribution in [3.05, 3.63) is 0 Å². The van der Waals surface area contributed by atoms with Crippen molar-refractivity contribution in [3.8, 4) is 0 Å². The first-order valence-electron chi connectivity index (χ1n) is 2.38. The number of hydrogen-bond donors (Lipinski definition) is 1. The SMILES string of the molecule is NC(=O)N1C=NC=NC1. The molecule has 2 amide bonds. The van der Waals surface area contributed by atoms with Gasteiger partial charge in [-0.2, -0.15) is 0 Å². The Labute approximate surface area is 51.9 Å². The minimum Gasteiger partial charge on any atom is -0.351 e. The third-order valence-electron chi connectivity index (χ3n) is 0.871. The summed E-state index contributed by atoms with van der Waals surface area (Å²) in [6, 6.07) is -0.532. The summed E-state index contributed by atoms with van der Waals surface area (Å²) < 4.78 is 0. The topological polar surface area (TPSA) is 71.1 Å². The zero-order valence-electron chi connectivity index (χ0n) is 4.69. The van der Waals surface area contributed by atoms with Crippen molar-refractivity contribution < 1.29 is 4.79 Å². The Morgan fingerprint density at radius 3 is 2.89 bits per heavy atom. The summed E-state index contributed by atoms with van der Waals surface area (Å²) in [5.41, 5.74) is 4.89. The van der Waals surface area contributed by atoms with Crippen LogP contribution in [0.15, 0.2) is 9.98 Å². The maximum Gasteiger partial charge on any atom is 0.321 e. The highest BCUT2D eigenvalue weighted by Crippen LogP contribution is 1.87. The van der Waals surface area contributed by atoms with Gasteiger partial charge in [-0.25, -0.2) is 9.79 Å². The second-order valence-corrected chi connectivity index (χ2v) is 1.51. The fourth-order valence-corrected chi connectivity index (χ4v) is 0.445. The van der Waals surface area contributed by atoms with Crippen LogP contribution in [0, 0.1) is 0 Å². The quantitative estimate of drug-likeness (QED) is 0.462. The van der Waals surface area contributed by atoms with Gasteiger partial charge in [0.05, 0.1) is 0 Å². The van der Waals surface area contributed by atoms with E-state index in [2.05, 4.69) is 9.98 Å². The first-order valence-corrected chi connectivity index (χ1v) is 2.38. The molecule has 48 valence electrons. The van der Waals surface area contributed by atoms with Crippen LogP contribution >= 0.6 is 0 Å². The minimum atomic E-state index is -0.532. The molecule has 9 heavy (non-hydrogen) atoms. The average Bonchev–Trinajstić information content (AvgIpc) is 1.90. The summed E-state index contributed by atoms with van der Waals surface area (Å²) in [5, 5.41) is 0. The molecule has 5 nitrogen and oxygen atoms in total. The zero-order valence-corrected chi connectivity index (χ0v) is 4.69. The van der Waals surface area contributed by atoms with Gasteiger partial charge in [-0.1, -0.05) is 0 Å². The first kappa shape index (κ1) is 5.74. The van der Waals surface area contributed by atoms with Crippen LogP contribution in [0.3, 0.4) is 0 Å². The first-order chi connectivity index (χ1) is 4.30. The Kier molecular flexibility index (Phi) is 1.44. The number of hydrogen-bond acceptors (Lipinski definition) is 3. The highest BCUT2D eigenvalue weighted by molar-refractivity contribution is 5.88. The monoisotopic (exact) mass is 126 g/mol. The number of carbonyl (C=O) groups excluding carboxylic acids is 1. The molecule has 1 aliphatic rings. The number of urea groups is 1. The van der Waals surface area contributed by atoms with Gasteiger partial charge in [0, 0.05) is 0 Å². The Balaban J connectivity index is 2.56. The van der Waals surface area contributed by atoms with Crippen molar-refractivity contribution in [2.45, 2.75) is 0 Å². The summed E-state index contributed by atoms with van der Waals surface area (Å²) in [4.78, 5) is 18.8. The Hall–Kier alpha value is -1.39. The second kappa shape index (κ2) is 2.25. The normalized spacial score (nSPS) is 16.2. The van der Waals surface area contributed by atoms with Crippen LogP contribution in [0.5, 0.6) is 0 Å². The Morgan fingerprint density at radius 2 is 2.56 bits per heavy atom. The summed E-state index contributed by atoms with van der Waals surface area (Å²) >= 11 is 0. The van der Waals surface area contributed by atoms with Gasteiger partial charge in [-0.15, -0.1) is 0 Å². The fourth-order valence-electron chi connectivity index (χ4n) is 0.445. The lowest BCUT2D eigenvalue weighted by Crippen LogP contribution is -2.35. The molecular formula is C4H6N4O. The van der Waals surface area contributed by atoms with Gasteiger partial charge < -0.3 is 5.73 Å². The maximum atomic E-state index is 10.3. The molecule has 1 aliphatic heterocycles. The molecule has 0 saturated heterocycles. The van der Waals surface area contributed by atoms with Crippen LogP contribution in [0.2, 0.25) is 0 Å². The van der Waals surface area contributed by atoms with E-state index in [9.17, 15) is 4.79 Å². The van der Waals surface area contributed by atoms with E-state index < -0.39 is 6.03 Å². The van der Waals surface area contributed by atoms with E-state index in [1.165, 1.54) is 17.6 Å². The minimum absolute atomic E-state index is 0.277. The summed E-state index contributed by atoms with van der Waals surface area (Å²) in [6.07, 6.45) is 2.72. The maximum absolute atomic E-state index is 10.3. The van der Waals surface area contributed by atoms with Crippen molar-refractivity contribution >= 4 is 18.7 Å². The molecule has 0 bridgehead atoms. The predicted octanol–water partition coefficient (Wildman–Crippen LogP) is -0.605. The molecule has 0 aromatic heterocycles.